The van der Waals surface area contributed by atoms with E-state index in [2.05, 4.69) is 4.98 Å². The first-order valence-corrected chi connectivity index (χ1v) is 8.42. The standard InChI is InChI=1S/C16H10ClF3N2O3S/c17-13-6-5-12(26-13)11(23)8-25-14(24)7-22-10-4-2-1-3-9(10)21-15(22)16(18,19)20/h1-6H,7-8H2. The molecule has 0 fully saturated rings. The number of esters is 1. The maximum Gasteiger partial charge on any atom is 0.449 e. The zero-order chi connectivity index (χ0) is 18.9. The van der Waals surface area contributed by atoms with Gasteiger partial charge in [-0.25, -0.2) is 4.98 Å². The molecule has 2 heterocycles. The Morgan fingerprint density at radius 1 is 1.19 bits per heavy atom. The number of Topliss-reactive ketones (excluding diaryl/α,β-unsaturated/α-hetero) is 1. The van der Waals surface area contributed by atoms with Crippen LogP contribution in [0.3, 0.4) is 0 Å². The number of aromatic nitrogens is 2. The molecule has 26 heavy (non-hydrogen) atoms. The van der Waals surface area contributed by atoms with Crippen molar-refractivity contribution in [2.45, 2.75) is 12.7 Å². The topological polar surface area (TPSA) is 61.2 Å². The normalized spacial score (nSPS) is 11.7. The van der Waals surface area contributed by atoms with Crippen LogP contribution in [0.25, 0.3) is 11.0 Å². The Balaban J connectivity index is 1.76. The van der Waals surface area contributed by atoms with Gasteiger partial charge in [-0.2, -0.15) is 13.2 Å². The van der Waals surface area contributed by atoms with E-state index in [-0.39, 0.29) is 11.0 Å². The first-order valence-electron chi connectivity index (χ1n) is 7.22. The van der Waals surface area contributed by atoms with Crippen LogP contribution in [0.15, 0.2) is 36.4 Å². The summed E-state index contributed by atoms with van der Waals surface area (Å²) in [5.74, 6) is -2.66. The SMILES string of the molecule is O=C(Cn1c(C(F)(F)F)nc2ccccc21)OCC(=O)c1ccc(Cl)s1. The van der Waals surface area contributed by atoms with Crippen molar-refractivity contribution < 1.29 is 27.5 Å². The van der Waals surface area contributed by atoms with Crippen molar-refractivity contribution in [1.82, 2.24) is 9.55 Å². The summed E-state index contributed by atoms with van der Waals surface area (Å²) in [4.78, 5) is 27.7. The number of ether oxygens (including phenoxy) is 1. The summed E-state index contributed by atoms with van der Waals surface area (Å²) in [5.41, 5.74) is 0.255. The molecule has 0 unspecified atom stereocenters. The van der Waals surface area contributed by atoms with Crippen molar-refractivity contribution in [3.63, 3.8) is 0 Å². The molecule has 5 nitrogen and oxygen atoms in total. The smallest absolute Gasteiger partial charge is 0.449 e. The van der Waals surface area contributed by atoms with Gasteiger partial charge in [-0.05, 0) is 24.3 Å². The van der Waals surface area contributed by atoms with Crippen molar-refractivity contribution in [2.24, 2.45) is 0 Å². The summed E-state index contributed by atoms with van der Waals surface area (Å²) >= 11 is 6.74. The molecule has 0 saturated carbocycles. The maximum atomic E-state index is 13.2. The predicted molar refractivity (Wildman–Crippen MR) is 89.4 cm³/mol. The number of benzene rings is 1. The van der Waals surface area contributed by atoms with Crippen molar-refractivity contribution in [2.75, 3.05) is 6.61 Å². The number of halogens is 4. The molecule has 0 N–H and O–H groups in total. The summed E-state index contributed by atoms with van der Waals surface area (Å²) in [7, 11) is 0. The lowest BCUT2D eigenvalue weighted by Gasteiger charge is -2.11. The minimum atomic E-state index is -4.73. The second-order valence-electron chi connectivity index (χ2n) is 5.20. The van der Waals surface area contributed by atoms with Crippen LogP contribution in [-0.4, -0.2) is 27.9 Å². The fourth-order valence-electron chi connectivity index (χ4n) is 2.31. The van der Waals surface area contributed by atoms with E-state index in [1.54, 1.807) is 6.07 Å². The molecule has 10 heteroatoms. The van der Waals surface area contributed by atoms with E-state index in [1.165, 1.54) is 30.3 Å². The molecule has 0 atom stereocenters. The van der Waals surface area contributed by atoms with E-state index < -0.39 is 36.9 Å². The van der Waals surface area contributed by atoms with Gasteiger partial charge < -0.3 is 9.30 Å². The number of carbonyl (C=O) groups excluding carboxylic acids is 2. The molecule has 0 aliphatic carbocycles. The van der Waals surface area contributed by atoms with Crippen LogP contribution in [0.5, 0.6) is 0 Å². The molecule has 0 aliphatic rings. The second-order valence-corrected chi connectivity index (χ2v) is 6.91. The maximum absolute atomic E-state index is 13.2. The monoisotopic (exact) mass is 402 g/mol. The summed E-state index contributed by atoms with van der Waals surface area (Å²) in [6.07, 6.45) is -4.73. The zero-order valence-electron chi connectivity index (χ0n) is 12.9. The number of hydrogen-bond donors (Lipinski definition) is 0. The lowest BCUT2D eigenvalue weighted by Crippen LogP contribution is -2.22. The minimum absolute atomic E-state index is 0.108. The van der Waals surface area contributed by atoms with Gasteiger partial charge in [0.05, 0.1) is 20.2 Å². The number of para-hydroxylation sites is 2. The van der Waals surface area contributed by atoms with Gasteiger partial charge in [0, 0.05) is 0 Å². The molecular weight excluding hydrogens is 393 g/mol. The molecule has 0 spiro atoms. The van der Waals surface area contributed by atoms with Gasteiger partial charge in [-0.1, -0.05) is 23.7 Å². The summed E-state index contributed by atoms with van der Waals surface area (Å²) in [6.45, 7) is -1.29. The third-order valence-electron chi connectivity index (χ3n) is 3.41. The van der Waals surface area contributed by atoms with Crippen LogP contribution in [0.1, 0.15) is 15.5 Å². The van der Waals surface area contributed by atoms with E-state index in [1.807, 2.05) is 0 Å². The van der Waals surface area contributed by atoms with Crippen LogP contribution >= 0.6 is 22.9 Å². The number of nitrogens with zero attached hydrogens (tertiary/aromatic N) is 2. The van der Waals surface area contributed by atoms with E-state index in [4.69, 9.17) is 16.3 Å². The van der Waals surface area contributed by atoms with Gasteiger partial charge in [0.1, 0.15) is 6.54 Å². The van der Waals surface area contributed by atoms with Crippen molar-refractivity contribution in [3.8, 4) is 0 Å². The molecule has 2 aromatic heterocycles. The number of alkyl halides is 3. The Morgan fingerprint density at radius 3 is 2.58 bits per heavy atom. The lowest BCUT2D eigenvalue weighted by atomic mass is 10.3. The van der Waals surface area contributed by atoms with Crippen LogP contribution in [-0.2, 0) is 22.3 Å². The summed E-state index contributed by atoms with van der Waals surface area (Å²) in [5, 5.41) is 0. The number of imidazole rings is 1. The highest BCUT2D eigenvalue weighted by Crippen LogP contribution is 2.31. The van der Waals surface area contributed by atoms with Gasteiger partial charge >= 0.3 is 12.1 Å². The Kier molecular flexibility index (Phi) is 5.01. The average molecular weight is 403 g/mol. The van der Waals surface area contributed by atoms with Crippen LogP contribution < -0.4 is 0 Å². The molecule has 0 amide bonds. The average Bonchev–Trinajstić information content (AvgIpc) is 3.17. The summed E-state index contributed by atoms with van der Waals surface area (Å²) < 4.78 is 45.5. The molecule has 0 radical (unpaired) electrons. The third-order valence-corrected chi connectivity index (χ3v) is 4.68. The Labute approximate surface area is 154 Å². The highest BCUT2D eigenvalue weighted by atomic mass is 35.5. The van der Waals surface area contributed by atoms with Gasteiger partial charge in [-0.3, -0.25) is 9.59 Å². The first-order chi connectivity index (χ1) is 12.3. The highest BCUT2D eigenvalue weighted by Gasteiger charge is 2.38. The Hall–Kier alpha value is -2.39. The van der Waals surface area contributed by atoms with Crippen LogP contribution in [0.4, 0.5) is 13.2 Å². The van der Waals surface area contributed by atoms with E-state index >= 15 is 0 Å². The first kappa shape index (κ1) is 18.4. The molecule has 0 saturated heterocycles. The third kappa shape index (κ3) is 3.88. The van der Waals surface area contributed by atoms with Crippen molar-refractivity contribution >= 4 is 45.7 Å². The quantitative estimate of drug-likeness (QED) is 0.474. The van der Waals surface area contributed by atoms with Crippen molar-refractivity contribution in [3.05, 3.63) is 51.4 Å². The molecule has 136 valence electrons. The molecule has 0 aliphatic heterocycles. The molecular formula is C16H10ClF3N2O3S. The Bertz CT molecular complexity index is 981. The number of fused-ring (bicyclic) bond motifs is 1. The largest absolute Gasteiger partial charge is 0.456 e. The number of thiophene rings is 1. The van der Waals surface area contributed by atoms with Crippen LogP contribution in [0.2, 0.25) is 4.34 Å². The van der Waals surface area contributed by atoms with Gasteiger partial charge in [0.25, 0.3) is 0 Å². The number of hydrogen-bond acceptors (Lipinski definition) is 5. The number of carbonyl (C=O) groups is 2. The van der Waals surface area contributed by atoms with E-state index in [0.717, 1.165) is 15.9 Å². The van der Waals surface area contributed by atoms with Crippen LogP contribution in [0, 0.1) is 0 Å². The molecule has 1 aromatic carbocycles. The fraction of sp³-hybridized carbons (Fsp3) is 0.188. The molecule has 3 aromatic rings. The van der Waals surface area contributed by atoms with Gasteiger partial charge in [0.15, 0.2) is 6.61 Å². The van der Waals surface area contributed by atoms with Gasteiger partial charge in [0.2, 0.25) is 11.6 Å². The Morgan fingerprint density at radius 2 is 1.92 bits per heavy atom. The highest BCUT2D eigenvalue weighted by molar-refractivity contribution is 7.18. The lowest BCUT2D eigenvalue weighted by molar-refractivity contribution is -0.150. The number of ketones is 1. The predicted octanol–water partition coefficient (Wildman–Crippen LogP) is 4.20. The molecule has 0 bridgehead atoms. The fourth-order valence-corrected chi connectivity index (χ4v) is 3.28. The summed E-state index contributed by atoms with van der Waals surface area (Å²) in [6, 6.07) is 8.92. The molecule has 3 rings (SSSR count). The zero-order valence-corrected chi connectivity index (χ0v) is 14.5. The van der Waals surface area contributed by atoms with E-state index in [0.29, 0.717) is 9.21 Å². The second kappa shape index (κ2) is 7.08. The number of rotatable bonds is 5. The van der Waals surface area contributed by atoms with Crippen molar-refractivity contribution in [1.29, 1.82) is 0 Å². The van der Waals surface area contributed by atoms with E-state index in [9.17, 15) is 22.8 Å². The van der Waals surface area contributed by atoms with Gasteiger partial charge in [-0.15, -0.1) is 11.3 Å². The minimum Gasteiger partial charge on any atom is -0.456 e.